The first-order valence-electron chi connectivity index (χ1n) is 17.5. The normalized spacial score (nSPS) is 12.5. The van der Waals surface area contributed by atoms with E-state index in [4.69, 9.17) is 13.4 Å². The van der Waals surface area contributed by atoms with Crippen LogP contribution in [0, 0.1) is 6.92 Å². The van der Waals surface area contributed by atoms with E-state index in [9.17, 15) is 8.42 Å². The summed E-state index contributed by atoms with van der Waals surface area (Å²) in [6.45, 7) is 1.20. The van der Waals surface area contributed by atoms with Gasteiger partial charge in [0.15, 0.2) is 0 Å². The number of para-hydroxylation sites is 1. The maximum absolute atomic E-state index is 14.9. The first-order chi connectivity index (χ1) is 24.8. The van der Waals surface area contributed by atoms with Crippen molar-refractivity contribution in [2.45, 2.75) is 38.0 Å². The molecule has 0 heterocycles. The van der Waals surface area contributed by atoms with Crippen LogP contribution in [-0.2, 0) is 14.1 Å². The van der Waals surface area contributed by atoms with Crippen molar-refractivity contribution in [2.24, 2.45) is 0 Å². The predicted octanol–water partition coefficient (Wildman–Crippen LogP) is 9.46. The van der Waals surface area contributed by atoms with Crippen LogP contribution in [0.1, 0.15) is 31.7 Å². The molecule has 262 valence electrons. The van der Waals surface area contributed by atoms with Crippen molar-refractivity contribution in [3.05, 3.63) is 169 Å². The molecule has 0 unspecified atom stereocenters. The Morgan fingerprint density at radius 1 is 0.549 bits per heavy atom. The topological polar surface area (TPSA) is 61.8 Å². The zero-order valence-corrected chi connectivity index (χ0v) is 30.9. The second-order valence-electron chi connectivity index (χ2n) is 12.7. The van der Waals surface area contributed by atoms with Crippen LogP contribution >= 0.6 is 6.83 Å². The Balaban J connectivity index is 1.29. The van der Waals surface area contributed by atoms with Gasteiger partial charge in [-0.05, 0) is 18.6 Å². The summed E-state index contributed by atoms with van der Waals surface area (Å²) in [5.74, 6) is 1.64. The van der Waals surface area contributed by atoms with Crippen LogP contribution < -0.4 is 25.4 Å². The third-order valence-corrected chi connectivity index (χ3v) is 17.7. The standard InChI is InChI=1S/C44H45O5PS/c1-3-34-50(40-20-10-5-11-21-40,41-22-12-6-13-23-41,42-24-14-7-15-25-42)49-51(45,46)43-31-26-36(2)44(35-43)37-27-29-39(30-28-37)48-33-17-16-32-47-38-18-8-4-9-19-38/h4-15,18-31,35H,3,16-17,32-34H2,1-2H3. The van der Waals surface area contributed by atoms with Gasteiger partial charge in [-0.3, -0.25) is 0 Å². The summed E-state index contributed by atoms with van der Waals surface area (Å²) in [4.78, 5) is 0.119. The fourth-order valence-corrected chi connectivity index (χ4v) is 15.7. The summed E-state index contributed by atoms with van der Waals surface area (Å²) < 4.78 is 48.5. The molecular weight excluding hydrogens is 672 g/mol. The average molecular weight is 717 g/mol. The number of unbranched alkanes of at least 4 members (excludes halogenated alkanes) is 1. The Morgan fingerprint density at radius 2 is 1.00 bits per heavy atom. The van der Waals surface area contributed by atoms with E-state index in [1.807, 2.05) is 159 Å². The van der Waals surface area contributed by atoms with Gasteiger partial charge in [-0.15, -0.1) is 0 Å². The van der Waals surface area contributed by atoms with E-state index in [-0.39, 0.29) is 4.90 Å². The van der Waals surface area contributed by atoms with Crippen LogP contribution in [0.2, 0.25) is 0 Å². The molecule has 0 fully saturated rings. The van der Waals surface area contributed by atoms with E-state index in [0.29, 0.717) is 25.8 Å². The molecule has 6 aromatic carbocycles. The monoisotopic (exact) mass is 716 g/mol. The van der Waals surface area contributed by atoms with Gasteiger partial charge in [0.1, 0.15) is 5.75 Å². The van der Waals surface area contributed by atoms with Gasteiger partial charge in [-0.2, -0.15) is 0 Å². The van der Waals surface area contributed by atoms with Crippen LogP contribution in [0.3, 0.4) is 0 Å². The molecule has 0 saturated carbocycles. The van der Waals surface area contributed by atoms with Crippen LogP contribution in [0.15, 0.2) is 169 Å². The maximum atomic E-state index is 14.9. The Labute approximate surface area is 303 Å². The Bertz CT molecular complexity index is 2010. The molecule has 6 rings (SSSR count). The van der Waals surface area contributed by atoms with Gasteiger partial charge >= 0.3 is 250 Å². The van der Waals surface area contributed by atoms with Gasteiger partial charge < -0.3 is 4.74 Å². The van der Waals surface area contributed by atoms with E-state index in [1.165, 1.54) is 0 Å². The first kappa shape index (κ1) is 36.1. The Morgan fingerprint density at radius 3 is 1.47 bits per heavy atom. The number of benzene rings is 6. The molecule has 0 saturated heterocycles. The van der Waals surface area contributed by atoms with E-state index < -0.39 is 16.9 Å². The first-order valence-corrected chi connectivity index (χ1v) is 21.3. The molecule has 0 spiro atoms. The minimum atomic E-state index is -4.31. The van der Waals surface area contributed by atoms with Crippen molar-refractivity contribution in [3.8, 4) is 22.6 Å². The summed E-state index contributed by atoms with van der Waals surface area (Å²) in [6.07, 6.45) is 2.98. The van der Waals surface area contributed by atoms with Gasteiger partial charge in [-0.25, -0.2) is 0 Å². The molecule has 51 heavy (non-hydrogen) atoms. The van der Waals surface area contributed by atoms with Crippen molar-refractivity contribution in [1.82, 2.24) is 0 Å². The molecule has 0 atom stereocenters. The third kappa shape index (κ3) is 7.64. The van der Waals surface area contributed by atoms with Gasteiger partial charge in [0, 0.05) is 0 Å². The quantitative estimate of drug-likeness (QED) is 0.0738. The van der Waals surface area contributed by atoms with Gasteiger partial charge in [0.2, 0.25) is 0 Å². The number of hydrogen-bond donors (Lipinski definition) is 0. The molecule has 0 aliphatic carbocycles. The average Bonchev–Trinajstić information content (AvgIpc) is 3.18. The van der Waals surface area contributed by atoms with E-state index in [1.54, 1.807) is 12.1 Å². The van der Waals surface area contributed by atoms with Crippen LogP contribution in [0.5, 0.6) is 11.5 Å². The second kappa shape index (κ2) is 16.1. The molecule has 0 radical (unpaired) electrons. The Hall–Kier alpha value is -4.74. The molecule has 7 heteroatoms. The summed E-state index contributed by atoms with van der Waals surface area (Å²) >= 11 is 0. The summed E-state index contributed by atoms with van der Waals surface area (Å²) in [5, 5.41) is 2.62. The summed E-state index contributed by atoms with van der Waals surface area (Å²) in [5.41, 5.74) is 2.67. The van der Waals surface area contributed by atoms with E-state index in [2.05, 4.69) is 6.92 Å². The second-order valence-corrected chi connectivity index (χ2v) is 19.1. The van der Waals surface area contributed by atoms with Crippen molar-refractivity contribution in [2.75, 3.05) is 19.4 Å². The number of ether oxygens (including phenoxy) is 2. The van der Waals surface area contributed by atoms with Gasteiger partial charge in [0.25, 0.3) is 0 Å². The zero-order chi connectivity index (χ0) is 35.6. The number of hydrogen-bond acceptors (Lipinski definition) is 5. The van der Waals surface area contributed by atoms with Gasteiger partial charge in [-0.1, -0.05) is 18.2 Å². The molecule has 0 aromatic heterocycles. The molecule has 0 aliphatic heterocycles. The molecule has 5 nitrogen and oxygen atoms in total. The van der Waals surface area contributed by atoms with Crippen molar-refractivity contribution >= 4 is 32.9 Å². The van der Waals surface area contributed by atoms with Crippen molar-refractivity contribution < 1.29 is 21.9 Å². The molecule has 0 aliphatic rings. The van der Waals surface area contributed by atoms with Crippen LogP contribution in [0.25, 0.3) is 11.1 Å². The fraction of sp³-hybridized carbons (Fsp3) is 0.182. The molecule has 0 bridgehead atoms. The SMILES string of the molecule is CCCP(OS(=O)(=O)c1ccc(C)c(-c2ccc(OCCCCOc3ccccc3)cc2)c1)(c1ccccc1)(c1ccccc1)c1ccccc1. The molecule has 0 N–H and O–H groups in total. The summed E-state index contributed by atoms with van der Waals surface area (Å²) in [7, 11) is -4.31. The van der Waals surface area contributed by atoms with Crippen molar-refractivity contribution in [1.29, 1.82) is 0 Å². The molecule has 0 amide bonds. The van der Waals surface area contributed by atoms with Crippen molar-refractivity contribution in [3.63, 3.8) is 0 Å². The summed E-state index contributed by atoms with van der Waals surface area (Å²) in [6, 6.07) is 52.6. The third-order valence-electron chi connectivity index (χ3n) is 9.30. The predicted molar refractivity (Wildman–Crippen MR) is 212 cm³/mol. The molecule has 6 aromatic rings. The van der Waals surface area contributed by atoms with E-state index >= 15 is 0 Å². The van der Waals surface area contributed by atoms with Crippen LogP contribution in [-0.4, -0.2) is 27.8 Å². The molecular formula is C44H45O5PS. The number of rotatable bonds is 16. The minimum absolute atomic E-state index is 0.119. The van der Waals surface area contributed by atoms with E-state index in [0.717, 1.165) is 56.9 Å². The Kier molecular flexibility index (Phi) is 11.4. The number of aryl methyl sites for hydroxylation is 1. The van der Waals surface area contributed by atoms with Crippen LogP contribution in [0.4, 0.5) is 0 Å². The fourth-order valence-electron chi connectivity index (χ4n) is 6.82. The zero-order valence-electron chi connectivity index (χ0n) is 29.2. The van der Waals surface area contributed by atoms with Gasteiger partial charge in [0.05, 0.1) is 6.61 Å².